The van der Waals surface area contributed by atoms with Crippen molar-refractivity contribution >= 4 is 11.6 Å². The Bertz CT molecular complexity index is 242. The molecule has 1 saturated heterocycles. The van der Waals surface area contributed by atoms with Gasteiger partial charge in [0.1, 0.15) is 0 Å². The molecule has 0 saturated carbocycles. The van der Waals surface area contributed by atoms with E-state index in [2.05, 4.69) is 59.2 Å². The van der Waals surface area contributed by atoms with Gasteiger partial charge in [-0.2, -0.15) is 0 Å². The van der Waals surface area contributed by atoms with Crippen LogP contribution in [0.5, 0.6) is 0 Å². The highest BCUT2D eigenvalue weighted by Gasteiger charge is 2.19. The molecule has 1 aliphatic rings. The highest BCUT2D eigenvalue weighted by Crippen LogP contribution is 2.08. The molecule has 0 radical (unpaired) electrons. The molecule has 1 rings (SSSR count). The molecule has 1 aliphatic heterocycles. The van der Waals surface area contributed by atoms with Gasteiger partial charge < -0.3 is 33.5 Å². The van der Waals surface area contributed by atoms with Gasteiger partial charge in [0.2, 0.25) is 0 Å². The number of nitrogens with one attached hydrogen (secondary N) is 1. The molecule has 4 nitrogen and oxygen atoms in total. The molecule has 0 aromatic heterocycles. The fourth-order valence-corrected chi connectivity index (χ4v) is 1.65. The molecule has 5 N–H and O–H groups in total. The Kier molecular flexibility index (Phi) is 44.7. The minimum absolute atomic E-state index is 0. The van der Waals surface area contributed by atoms with Crippen LogP contribution >= 0.6 is 11.6 Å². The van der Waals surface area contributed by atoms with E-state index in [9.17, 15) is 0 Å². The molecule has 4 unspecified atom stereocenters. The third kappa shape index (κ3) is 40.9. The zero-order chi connectivity index (χ0) is 20.8. The number of nitrogens with two attached hydrogens (primary N) is 2. The molecule has 4 atom stereocenters. The lowest BCUT2D eigenvalue weighted by Crippen LogP contribution is -3.00. The minimum Gasteiger partial charge on any atom is -1.00 e. The Balaban J connectivity index is -0.0000000828. The van der Waals surface area contributed by atoms with Crippen molar-refractivity contribution in [3.8, 4) is 0 Å². The van der Waals surface area contributed by atoms with E-state index in [1.807, 2.05) is 7.05 Å². The maximum Gasteiger partial charge on any atom is 0.0944 e. The van der Waals surface area contributed by atoms with Gasteiger partial charge in [0.15, 0.2) is 0 Å². The summed E-state index contributed by atoms with van der Waals surface area (Å²) in [6, 6.07) is 0. The molecular weight excluding hydrogens is 393 g/mol. The van der Waals surface area contributed by atoms with Crippen molar-refractivity contribution in [2.75, 3.05) is 46.2 Å². The molecule has 0 bridgehead atoms. The van der Waals surface area contributed by atoms with Crippen molar-refractivity contribution in [1.29, 1.82) is 0 Å². The summed E-state index contributed by atoms with van der Waals surface area (Å²) in [5.74, 6) is 3.14. The lowest BCUT2D eigenvalue weighted by Gasteiger charge is -2.04. The van der Waals surface area contributed by atoms with Gasteiger partial charge in [-0.15, -0.1) is 11.6 Å². The van der Waals surface area contributed by atoms with Gasteiger partial charge in [-0.25, -0.2) is 0 Å². The fraction of sp³-hybridized carbons (Fsp3) is 1.00. The number of halogens is 2. The Morgan fingerprint density at radius 2 is 1.54 bits per heavy atom. The molecule has 0 aromatic carbocycles. The molecule has 0 aromatic rings. The van der Waals surface area contributed by atoms with Crippen molar-refractivity contribution in [3.05, 3.63) is 0 Å². The Labute approximate surface area is 189 Å². The monoisotopic (exact) mass is 447 g/mol. The van der Waals surface area contributed by atoms with Gasteiger partial charge in [-0.1, -0.05) is 68.2 Å². The summed E-state index contributed by atoms with van der Waals surface area (Å²) in [7, 11) is 4.12. The number of alkyl halides is 1. The minimum atomic E-state index is 0. The van der Waals surface area contributed by atoms with Crippen LogP contribution in [0.15, 0.2) is 0 Å². The second-order valence-corrected chi connectivity index (χ2v) is 7.74. The Morgan fingerprint density at radius 1 is 1.07 bits per heavy atom. The molecular formula is C22H55Cl2N3O. The van der Waals surface area contributed by atoms with Crippen molar-refractivity contribution in [3.63, 3.8) is 0 Å². The first-order valence-corrected chi connectivity index (χ1v) is 11.2. The summed E-state index contributed by atoms with van der Waals surface area (Å²) in [5.41, 5.74) is 5.28. The van der Waals surface area contributed by atoms with E-state index >= 15 is 0 Å². The SMILES string of the molecule is C.CCC(C)CC[NH2+]C.CCC(C)CN.CCC(C)CNC.ClCC1CO1.[Cl-]. The zero-order valence-electron chi connectivity index (χ0n) is 19.5. The summed E-state index contributed by atoms with van der Waals surface area (Å²) in [6.07, 6.45) is 5.58. The van der Waals surface area contributed by atoms with Crippen molar-refractivity contribution in [2.24, 2.45) is 23.5 Å². The van der Waals surface area contributed by atoms with E-state index < -0.39 is 0 Å². The maximum absolute atomic E-state index is 5.28. The van der Waals surface area contributed by atoms with E-state index in [1.54, 1.807) is 0 Å². The smallest absolute Gasteiger partial charge is 0.0944 e. The summed E-state index contributed by atoms with van der Waals surface area (Å²) in [6.45, 7) is 17.5. The largest absolute Gasteiger partial charge is 1.00 e. The van der Waals surface area contributed by atoms with Gasteiger partial charge in [0.05, 0.1) is 32.2 Å². The topological polar surface area (TPSA) is 67.2 Å². The number of ether oxygens (including phenoxy) is 1. The fourth-order valence-electron chi connectivity index (χ4n) is 1.47. The highest BCUT2D eigenvalue weighted by atomic mass is 35.5. The first-order chi connectivity index (χ1) is 12.4. The van der Waals surface area contributed by atoms with Crippen molar-refractivity contribution in [2.45, 2.75) is 80.8 Å². The van der Waals surface area contributed by atoms with Crippen LogP contribution < -0.4 is 28.8 Å². The first kappa shape index (κ1) is 39.0. The number of rotatable bonds is 10. The molecule has 0 spiro atoms. The van der Waals surface area contributed by atoms with Crippen molar-refractivity contribution in [1.82, 2.24) is 5.32 Å². The van der Waals surface area contributed by atoms with Crippen LogP contribution in [0.3, 0.4) is 0 Å². The average molecular weight is 449 g/mol. The maximum atomic E-state index is 5.28. The lowest BCUT2D eigenvalue weighted by molar-refractivity contribution is -0.627. The molecule has 1 heterocycles. The normalized spacial score (nSPS) is 16.7. The standard InChI is InChI=1S/C7H17N.C6H15N.C5H13N.C3H5ClO.CH4.ClH/c1-4-7(2)5-6-8-3;1-4-6(2)5-7-3;1-3-5(2)4-6;4-1-3-2-5-3;;/h7-8H,4-6H2,1-3H3;6-7H,4-5H2,1-3H3;5H,3-4,6H2,1-2H3;3H,1-2H2;1H4;1H. The summed E-state index contributed by atoms with van der Waals surface area (Å²) in [5, 5.41) is 5.36. The van der Waals surface area contributed by atoms with Crippen molar-refractivity contribution < 1.29 is 22.5 Å². The van der Waals surface area contributed by atoms with Crippen LogP contribution in [0.1, 0.15) is 74.7 Å². The van der Waals surface area contributed by atoms with Crippen LogP contribution in [0, 0.1) is 17.8 Å². The van der Waals surface area contributed by atoms with Crippen LogP contribution in [0.25, 0.3) is 0 Å². The predicted molar refractivity (Wildman–Crippen MR) is 126 cm³/mol. The number of epoxide rings is 1. The first-order valence-electron chi connectivity index (χ1n) is 10.7. The zero-order valence-corrected chi connectivity index (χ0v) is 21.0. The lowest BCUT2D eigenvalue weighted by atomic mass is 10.1. The van der Waals surface area contributed by atoms with Crippen LogP contribution in [0.2, 0.25) is 0 Å². The molecule has 6 heteroatoms. The molecule has 28 heavy (non-hydrogen) atoms. The van der Waals surface area contributed by atoms with Gasteiger partial charge in [-0.3, -0.25) is 0 Å². The van der Waals surface area contributed by atoms with E-state index in [1.165, 1.54) is 32.2 Å². The summed E-state index contributed by atoms with van der Waals surface area (Å²) < 4.78 is 4.73. The van der Waals surface area contributed by atoms with Crippen LogP contribution in [-0.4, -0.2) is 52.3 Å². The van der Waals surface area contributed by atoms with Crippen LogP contribution in [0.4, 0.5) is 0 Å². The van der Waals surface area contributed by atoms with Crippen LogP contribution in [-0.2, 0) is 4.74 Å². The summed E-state index contributed by atoms with van der Waals surface area (Å²) >= 11 is 5.27. The van der Waals surface area contributed by atoms with E-state index in [0.717, 1.165) is 31.5 Å². The van der Waals surface area contributed by atoms with E-state index in [0.29, 0.717) is 17.9 Å². The molecule has 0 aliphatic carbocycles. The third-order valence-electron chi connectivity index (χ3n) is 4.57. The van der Waals surface area contributed by atoms with E-state index in [4.69, 9.17) is 22.1 Å². The number of hydrogen-bond donors (Lipinski definition) is 3. The predicted octanol–water partition coefficient (Wildman–Crippen LogP) is 1.12. The summed E-state index contributed by atoms with van der Waals surface area (Å²) in [4.78, 5) is 0. The Morgan fingerprint density at radius 3 is 1.68 bits per heavy atom. The third-order valence-corrected chi connectivity index (χ3v) is 4.91. The van der Waals surface area contributed by atoms with Gasteiger partial charge >= 0.3 is 0 Å². The Hall–Kier alpha value is 0.420. The quantitative estimate of drug-likeness (QED) is 0.347. The van der Waals surface area contributed by atoms with Gasteiger partial charge in [0.25, 0.3) is 0 Å². The van der Waals surface area contributed by atoms with E-state index in [-0.39, 0.29) is 19.8 Å². The second-order valence-electron chi connectivity index (χ2n) is 7.43. The second kappa shape index (κ2) is 32.1. The molecule has 1 fully saturated rings. The highest BCUT2D eigenvalue weighted by molar-refractivity contribution is 6.18. The molecule has 178 valence electrons. The number of hydrogen-bond acceptors (Lipinski definition) is 3. The molecule has 0 amide bonds. The van der Waals surface area contributed by atoms with Gasteiger partial charge in [-0.05, 0) is 44.3 Å². The number of quaternary nitrogens is 1. The van der Waals surface area contributed by atoms with Gasteiger partial charge in [0, 0.05) is 0 Å². The average Bonchev–Trinajstić information content (AvgIpc) is 3.51.